The highest BCUT2D eigenvalue weighted by Gasteiger charge is 2.42. The molecule has 0 fully saturated rings. The van der Waals surface area contributed by atoms with Crippen molar-refractivity contribution in [1.82, 2.24) is 5.32 Å². The lowest BCUT2D eigenvalue weighted by Gasteiger charge is -2.37. The average Bonchev–Trinajstić information content (AvgIpc) is 3.01. The van der Waals surface area contributed by atoms with E-state index in [0.717, 1.165) is 47.2 Å². The summed E-state index contributed by atoms with van der Waals surface area (Å²) in [6, 6.07) is 20.3. The summed E-state index contributed by atoms with van der Waals surface area (Å²) < 4.78 is 39.2. The summed E-state index contributed by atoms with van der Waals surface area (Å²) in [6.45, 7) is -0.0885. The molecule has 3 aromatic carbocycles. The Morgan fingerprint density at radius 2 is 1.51 bits per heavy atom. The SMILES string of the molecule is NC(CSC1(c2ccc(C(F)(F)F)cc2)c2ccccc2CCc2ccccc21)C(=O)NCCO. The van der Waals surface area contributed by atoms with E-state index in [4.69, 9.17) is 10.8 Å². The fraction of sp³-hybridized carbons (Fsp3) is 0.296. The van der Waals surface area contributed by atoms with Crippen LogP contribution in [0.5, 0.6) is 0 Å². The van der Waals surface area contributed by atoms with E-state index in [0.29, 0.717) is 5.56 Å². The number of hydrogen-bond acceptors (Lipinski definition) is 4. The molecule has 1 amide bonds. The summed E-state index contributed by atoms with van der Waals surface area (Å²) in [5.41, 5.74) is 10.4. The van der Waals surface area contributed by atoms with Crippen molar-refractivity contribution in [2.24, 2.45) is 5.73 Å². The Hall–Kier alpha value is -2.81. The first kappa shape index (κ1) is 25.3. The molecule has 3 aromatic rings. The lowest BCUT2D eigenvalue weighted by molar-refractivity contribution is -0.137. The number of carbonyl (C=O) groups is 1. The highest BCUT2D eigenvalue weighted by molar-refractivity contribution is 8.00. The Morgan fingerprint density at radius 3 is 2.03 bits per heavy atom. The summed E-state index contributed by atoms with van der Waals surface area (Å²) in [6.07, 6.45) is -2.86. The molecule has 0 aliphatic heterocycles. The molecule has 0 radical (unpaired) electrons. The van der Waals surface area contributed by atoms with Gasteiger partial charge in [-0.05, 0) is 52.8 Å². The van der Waals surface area contributed by atoms with Crippen LogP contribution in [0, 0.1) is 0 Å². The average molecular weight is 501 g/mol. The quantitative estimate of drug-likeness (QED) is 0.453. The minimum absolute atomic E-state index is 0.104. The van der Waals surface area contributed by atoms with Crippen LogP contribution in [0.1, 0.15) is 33.4 Å². The molecule has 1 aliphatic rings. The molecule has 0 saturated carbocycles. The molecule has 4 rings (SSSR count). The van der Waals surface area contributed by atoms with Crippen molar-refractivity contribution >= 4 is 17.7 Å². The largest absolute Gasteiger partial charge is 0.416 e. The summed E-state index contributed by atoms with van der Waals surface area (Å²) >= 11 is 1.45. The number of carbonyl (C=O) groups excluding carboxylic acids is 1. The van der Waals surface area contributed by atoms with E-state index >= 15 is 0 Å². The van der Waals surface area contributed by atoms with E-state index in [9.17, 15) is 18.0 Å². The zero-order valence-electron chi connectivity index (χ0n) is 19.0. The van der Waals surface area contributed by atoms with Crippen LogP contribution >= 0.6 is 11.8 Å². The lowest BCUT2D eigenvalue weighted by Crippen LogP contribution is -2.44. The molecule has 4 nitrogen and oxygen atoms in total. The molecule has 0 spiro atoms. The fourth-order valence-electron chi connectivity index (χ4n) is 4.62. The van der Waals surface area contributed by atoms with E-state index in [1.807, 2.05) is 36.4 Å². The Kier molecular flexibility index (Phi) is 7.54. The highest BCUT2D eigenvalue weighted by Crippen LogP contribution is 2.52. The molecule has 4 N–H and O–H groups in total. The van der Waals surface area contributed by atoms with Crippen molar-refractivity contribution in [3.8, 4) is 0 Å². The molecule has 1 aliphatic carbocycles. The first-order chi connectivity index (χ1) is 16.8. The van der Waals surface area contributed by atoms with E-state index < -0.39 is 22.5 Å². The second-order valence-electron chi connectivity index (χ2n) is 8.50. The van der Waals surface area contributed by atoms with Crippen LogP contribution in [0.3, 0.4) is 0 Å². The zero-order chi connectivity index (χ0) is 25.1. The molecule has 35 heavy (non-hydrogen) atoms. The summed E-state index contributed by atoms with van der Waals surface area (Å²) in [4.78, 5) is 12.4. The third-order valence-electron chi connectivity index (χ3n) is 6.30. The van der Waals surface area contributed by atoms with Crippen LogP contribution < -0.4 is 11.1 Å². The van der Waals surface area contributed by atoms with Crippen LogP contribution in [0.4, 0.5) is 13.2 Å². The van der Waals surface area contributed by atoms with Crippen molar-refractivity contribution in [3.63, 3.8) is 0 Å². The monoisotopic (exact) mass is 500 g/mol. The van der Waals surface area contributed by atoms with Crippen molar-refractivity contribution in [3.05, 3.63) is 106 Å². The highest BCUT2D eigenvalue weighted by atomic mass is 32.2. The topological polar surface area (TPSA) is 75.4 Å². The second-order valence-corrected chi connectivity index (χ2v) is 9.74. The number of fused-ring (bicyclic) bond motifs is 2. The third-order valence-corrected chi connectivity index (χ3v) is 7.94. The molecule has 0 aromatic heterocycles. The minimum atomic E-state index is -4.44. The van der Waals surface area contributed by atoms with Crippen molar-refractivity contribution in [2.75, 3.05) is 18.9 Å². The number of nitrogens with two attached hydrogens (primary N) is 1. The van der Waals surface area contributed by atoms with E-state index in [-0.39, 0.29) is 24.8 Å². The summed E-state index contributed by atoms with van der Waals surface area (Å²) in [5.74, 6) is -0.162. The maximum absolute atomic E-state index is 13.4. The van der Waals surface area contributed by atoms with Gasteiger partial charge < -0.3 is 16.2 Å². The molecule has 1 unspecified atom stereocenters. The summed E-state index contributed by atoms with van der Waals surface area (Å²) in [5, 5.41) is 11.6. The maximum Gasteiger partial charge on any atom is 0.416 e. The number of hydrogen-bond donors (Lipinski definition) is 3. The minimum Gasteiger partial charge on any atom is -0.395 e. The molecule has 0 saturated heterocycles. The van der Waals surface area contributed by atoms with Crippen LogP contribution in [0.25, 0.3) is 0 Å². The number of alkyl halides is 3. The molecular weight excluding hydrogens is 473 g/mol. The number of aryl methyl sites for hydroxylation is 2. The Balaban J connectivity index is 1.88. The number of aliphatic hydroxyl groups excluding tert-OH is 1. The first-order valence-corrected chi connectivity index (χ1v) is 12.4. The van der Waals surface area contributed by atoms with Crippen molar-refractivity contribution in [1.29, 1.82) is 0 Å². The van der Waals surface area contributed by atoms with Crippen LogP contribution in [0.15, 0.2) is 72.8 Å². The van der Waals surface area contributed by atoms with E-state index in [2.05, 4.69) is 17.4 Å². The van der Waals surface area contributed by atoms with Crippen molar-refractivity contribution < 1.29 is 23.1 Å². The lowest BCUT2D eigenvalue weighted by atomic mass is 9.81. The molecule has 1 atom stereocenters. The standard InChI is InChI=1S/C27H27F3N2O2S/c28-27(29,30)21-13-11-20(12-14-21)26(35-17-24(31)25(34)32-15-16-33)22-7-3-1-5-18(22)9-10-19-6-2-4-8-23(19)26/h1-8,11-14,24,33H,9-10,15-17,31H2,(H,32,34). The van der Waals surface area contributed by atoms with Gasteiger partial charge in [0.1, 0.15) is 0 Å². The van der Waals surface area contributed by atoms with Crippen LogP contribution in [-0.4, -0.2) is 36.0 Å². The Bertz CT molecular complexity index is 1130. The number of nitrogens with one attached hydrogen (secondary N) is 1. The number of amides is 1. The molecule has 0 bridgehead atoms. The number of thioether (sulfide) groups is 1. The van der Waals surface area contributed by atoms with Gasteiger partial charge in [-0.3, -0.25) is 4.79 Å². The Labute approximate surface area is 206 Å². The van der Waals surface area contributed by atoms with Gasteiger partial charge >= 0.3 is 6.18 Å². The molecule has 8 heteroatoms. The van der Waals surface area contributed by atoms with Gasteiger partial charge in [0, 0.05) is 12.3 Å². The summed E-state index contributed by atoms with van der Waals surface area (Å²) in [7, 11) is 0. The smallest absolute Gasteiger partial charge is 0.395 e. The van der Waals surface area contributed by atoms with E-state index in [1.165, 1.54) is 23.9 Å². The second kappa shape index (κ2) is 10.4. The fourth-order valence-corrected chi connectivity index (χ4v) is 6.22. The van der Waals surface area contributed by atoms with Gasteiger partial charge in [0.05, 0.1) is 23.0 Å². The number of benzene rings is 3. The van der Waals surface area contributed by atoms with Gasteiger partial charge in [-0.25, -0.2) is 0 Å². The van der Waals surface area contributed by atoms with Crippen LogP contribution in [-0.2, 0) is 28.6 Å². The van der Waals surface area contributed by atoms with Crippen LogP contribution in [0.2, 0.25) is 0 Å². The first-order valence-electron chi connectivity index (χ1n) is 11.4. The van der Waals surface area contributed by atoms with Gasteiger partial charge in [-0.1, -0.05) is 60.7 Å². The van der Waals surface area contributed by atoms with E-state index in [1.54, 1.807) is 0 Å². The van der Waals surface area contributed by atoms with Gasteiger partial charge in [-0.2, -0.15) is 13.2 Å². The zero-order valence-corrected chi connectivity index (χ0v) is 19.8. The number of aliphatic hydroxyl groups is 1. The molecule has 0 heterocycles. The normalized spacial score (nSPS) is 15.5. The van der Waals surface area contributed by atoms with Gasteiger partial charge in [0.2, 0.25) is 5.91 Å². The number of rotatable bonds is 7. The van der Waals surface area contributed by atoms with Gasteiger partial charge in [0.25, 0.3) is 0 Å². The maximum atomic E-state index is 13.4. The predicted octanol–water partition coefficient (Wildman–Crippen LogP) is 4.26. The van der Waals surface area contributed by atoms with Gasteiger partial charge in [0.15, 0.2) is 0 Å². The van der Waals surface area contributed by atoms with Gasteiger partial charge in [-0.15, -0.1) is 11.8 Å². The molecule has 184 valence electrons. The third kappa shape index (κ3) is 5.10. The Morgan fingerprint density at radius 1 is 0.971 bits per heavy atom. The predicted molar refractivity (Wildman–Crippen MR) is 132 cm³/mol. The van der Waals surface area contributed by atoms with Crippen molar-refractivity contribution in [2.45, 2.75) is 29.8 Å². The number of halogens is 3. The molecular formula is C27H27F3N2O2S.